The Morgan fingerprint density at radius 3 is 1.00 bits per heavy atom. The maximum Gasteiger partial charge on any atom is 0.335 e. The Morgan fingerprint density at radius 2 is 0.744 bits per heavy atom. The molecule has 0 bridgehead atoms. The molecule has 0 fully saturated rings. The van der Waals surface area contributed by atoms with Gasteiger partial charge in [0.15, 0.2) is 0 Å². The van der Waals surface area contributed by atoms with Crippen molar-refractivity contribution in [3.8, 4) is 22.3 Å². The fourth-order valence-corrected chi connectivity index (χ4v) is 4.23. The van der Waals surface area contributed by atoms with Crippen molar-refractivity contribution in [1.29, 1.82) is 0 Å². The first-order valence-corrected chi connectivity index (χ1v) is 13.7. The monoisotopic (exact) mass is 604 g/mol. The Bertz CT molecular complexity index is 1580. The van der Waals surface area contributed by atoms with Crippen molar-refractivity contribution >= 4 is 31.8 Å². The van der Waals surface area contributed by atoms with Crippen LogP contribution >= 0.6 is 0 Å². The van der Waals surface area contributed by atoms with Crippen molar-refractivity contribution in [1.82, 2.24) is 0 Å². The van der Waals surface area contributed by atoms with Crippen LogP contribution in [-0.2, 0) is 31.8 Å². The summed E-state index contributed by atoms with van der Waals surface area (Å²) in [5.74, 6) is -2.95. The molecule has 4 aromatic carbocycles. The Balaban J connectivity index is 0.000000249. The molecule has 0 atom stereocenters. The van der Waals surface area contributed by atoms with E-state index in [4.69, 9.17) is 17.5 Å². The quantitative estimate of drug-likeness (QED) is 0.242. The van der Waals surface area contributed by atoms with E-state index in [9.17, 15) is 34.4 Å². The van der Waals surface area contributed by atoms with Gasteiger partial charge < -0.3 is 0 Å². The molecule has 2 N–H and O–H groups in total. The molecule has 0 aliphatic carbocycles. The summed E-state index contributed by atoms with van der Waals surface area (Å²) in [5.41, 5.74) is 1.76. The Kier molecular flexibility index (Phi) is 10.8. The zero-order valence-electron chi connectivity index (χ0n) is 19.2. The summed E-state index contributed by atoms with van der Waals surface area (Å²) >= 11 is -0.750. The topological polar surface area (TPSA) is 143 Å². The number of hydrogen-bond acceptors (Lipinski definition) is 6. The molecule has 8 nitrogen and oxygen atoms in total. The molecule has 4 aromatic rings. The van der Waals surface area contributed by atoms with Crippen molar-refractivity contribution in [2.45, 2.75) is 9.79 Å². The third-order valence-corrected chi connectivity index (χ3v) is 6.51. The number of halogens is 4. The van der Waals surface area contributed by atoms with Gasteiger partial charge in [-0.15, -0.1) is 0 Å². The molecule has 4 rings (SSSR count). The summed E-state index contributed by atoms with van der Waals surface area (Å²) in [4.78, 5) is -1.60. The van der Waals surface area contributed by atoms with Crippen LogP contribution in [0.15, 0.2) is 94.7 Å². The first-order valence-electron chi connectivity index (χ1n) is 10.1. The molecular formula is C24H16F4O8S3. The second-order valence-corrected chi connectivity index (χ2v) is 10.2. The highest BCUT2D eigenvalue weighted by Crippen LogP contribution is 2.26. The van der Waals surface area contributed by atoms with Crippen LogP contribution in [0.5, 0.6) is 0 Å². The minimum Gasteiger partial charge on any atom is -0.282 e. The van der Waals surface area contributed by atoms with Crippen LogP contribution in [0.25, 0.3) is 22.3 Å². The molecule has 206 valence electrons. The molecule has 39 heavy (non-hydrogen) atoms. The van der Waals surface area contributed by atoms with Crippen molar-refractivity contribution in [3.05, 3.63) is 108 Å². The Hall–Kier alpha value is -3.76. The maximum absolute atomic E-state index is 13.2. The summed E-state index contributed by atoms with van der Waals surface area (Å²) in [5, 5.41) is 0. The van der Waals surface area contributed by atoms with Crippen LogP contribution in [0.3, 0.4) is 0 Å². The molecule has 0 spiro atoms. The number of hydrogen-bond donors (Lipinski definition) is 2. The minimum atomic E-state index is -4.62. The van der Waals surface area contributed by atoms with Gasteiger partial charge in [0.25, 0.3) is 20.2 Å². The first kappa shape index (κ1) is 31.5. The lowest BCUT2D eigenvalue weighted by atomic mass is 10.1. The van der Waals surface area contributed by atoms with Gasteiger partial charge in [-0.05, 0) is 70.8 Å². The zero-order chi connectivity index (χ0) is 29.4. The molecule has 0 unspecified atom stereocenters. The fraction of sp³-hybridized carbons (Fsp3) is 0. The molecule has 0 aliphatic rings. The van der Waals surface area contributed by atoms with Crippen LogP contribution in [0.4, 0.5) is 17.6 Å². The fourth-order valence-electron chi connectivity index (χ4n) is 3.05. The van der Waals surface area contributed by atoms with E-state index in [1.165, 1.54) is 60.7 Å². The summed E-state index contributed by atoms with van der Waals surface area (Å²) in [7, 11) is -9.24. The molecule has 0 heterocycles. The van der Waals surface area contributed by atoms with Crippen LogP contribution in [0.2, 0.25) is 0 Å². The summed E-state index contributed by atoms with van der Waals surface area (Å²) in [6, 6.07) is 17.1. The van der Waals surface area contributed by atoms with Gasteiger partial charge in [-0.1, -0.05) is 36.4 Å². The summed E-state index contributed by atoms with van der Waals surface area (Å²) in [6.07, 6.45) is 0. The van der Waals surface area contributed by atoms with Crippen molar-refractivity contribution < 1.29 is 51.9 Å². The third kappa shape index (κ3) is 9.19. The SMILES string of the molecule is O=S(=O)(O)c1cc(-c2ccc(F)cc2)ccc1F.O=S(=O)(O)c1cc(-c2ccc(F)cc2)ccc1F.O=S=O. The van der Waals surface area contributed by atoms with Gasteiger partial charge >= 0.3 is 11.6 Å². The normalized spacial score (nSPS) is 10.9. The highest BCUT2D eigenvalue weighted by molar-refractivity contribution is 7.86. The molecule has 15 heteroatoms. The van der Waals surface area contributed by atoms with E-state index in [0.29, 0.717) is 22.3 Å². The van der Waals surface area contributed by atoms with Gasteiger partial charge in [-0.25, -0.2) is 17.6 Å². The average molecular weight is 605 g/mol. The minimum absolute atomic E-state index is 0.365. The van der Waals surface area contributed by atoms with E-state index in [0.717, 1.165) is 24.3 Å². The van der Waals surface area contributed by atoms with Gasteiger partial charge in [-0.3, -0.25) is 9.11 Å². The van der Waals surface area contributed by atoms with E-state index >= 15 is 0 Å². The maximum atomic E-state index is 13.2. The molecule has 0 amide bonds. The molecule has 0 saturated heterocycles. The molecule has 0 aliphatic heterocycles. The van der Waals surface area contributed by atoms with E-state index in [1.807, 2.05) is 0 Å². The predicted molar refractivity (Wildman–Crippen MR) is 132 cm³/mol. The first-order chi connectivity index (χ1) is 18.2. The lowest BCUT2D eigenvalue weighted by molar-refractivity contribution is 0.471. The average Bonchev–Trinajstić information content (AvgIpc) is 2.85. The summed E-state index contributed by atoms with van der Waals surface area (Å²) in [6.45, 7) is 0. The van der Waals surface area contributed by atoms with E-state index in [-0.39, 0.29) is 0 Å². The second kappa shape index (κ2) is 13.3. The third-order valence-electron chi connectivity index (χ3n) is 4.77. The molecule has 0 radical (unpaired) electrons. The molecule has 0 aromatic heterocycles. The van der Waals surface area contributed by atoms with Gasteiger partial charge in [0.2, 0.25) is 0 Å². The van der Waals surface area contributed by atoms with Crippen molar-refractivity contribution in [2.75, 3.05) is 0 Å². The van der Waals surface area contributed by atoms with E-state index in [2.05, 4.69) is 0 Å². The van der Waals surface area contributed by atoms with Gasteiger partial charge in [0.05, 0.1) is 0 Å². The Morgan fingerprint density at radius 1 is 0.487 bits per heavy atom. The van der Waals surface area contributed by atoms with Crippen LogP contribution in [-0.4, -0.2) is 34.4 Å². The summed E-state index contributed by atoms with van der Waals surface area (Å²) < 4.78 is 130. The van der Waals surface area contributed by atoms with Gasteiger partial charge in [0.1, 0.15) is 33.1 Å². The van der Waals surface area contributed by atoms with E-state index < -0.39 is 64.9 Å². The predicted octanol–water partition coefficient (Wildman–Crippen LogP) is 5.09. The standard InChI is InChI=1S/2C12H8F2O3S.O2S/c2*13-10-4-1-8(2-5-10)9-3-6-11(14)12(7-9)18(15,16)17;1-3-2/h2*1-7H,(H,15,16,17);. The highest BCUT2D eigenvalue weighted by Gasteiger charge is 2.17. The van der Waals surface area contributed by atoms with Gasteiger partial charge in [0, 0.05) is 0 Å². The van der Waals surface area contributed by atoms with Crippen LogP contribution in [0.1, 0.15) is 0 Å². The van der Waals surface area contributed by atoms with E-state index in [1.54, 1.807) is 0 Å². The lowest BCUT2D eigenvalue weighted by Crippen LogP contribution is -2.01. The van der Waals surface area contributed by atoms with Gasteiger partial charge in [-0.2, -0.15) is 25.3 Å². The van der Waals surface area contributed by atoms with Crippen LogP contribution < -0.4 is 0 Å². The number of rotatable bonds is 4. The smallest absolute Gasteiger partial charge is 0.282 e. The zero-order valence-corrected chi connectivity index (χ0v) is 21.6. The Labute approximate surface area is 223 Å². The van der Waals surface area contributed by atoms with Crippen molar-refractivity contribution in [2.24, 2.45) is 0 Å². The highest BCUT2D eigenvalue weighted by atomic mass is 32.2. The largest absolute Gasteiger partial charge is 0.335 e. The second-order valence-electron chi connectivity index (χ2n) is 7.32. The van der Waals surface area contributed by atoms with Crippen molar-refractivity contribution in [3.63, 3.8) is 0 Å². The number of benzene rings is 4. The lowest BCUT2D eigenvalue weighted by Gasteiger charge is -2.05. The van der Waals surface area contributed by atoms with Crippen LogP contribution in [0, 0.1) is 23.3 Å². The molecular weight excluding hydrogens is 588 g/mol. The molecule has 0 saturated carbocycles.